The van der Waals surface area contributed by atoms with Gasteiger partial charge in [-0.2, -0.15) is 0 Å². The van der Waals surface area contributed by atoms with Gasteiger partial charge in [0.2, 0.25) is 0 Å². The van der Waals surface area contributed by atoms with Crippen molar-refractivity contribution in [3.63, 3.8) is 0 Å². The molecule has 0 saturated heterocycles. The van der Waals surface area contributed by atoms with Crippen molar-refractivity contribution in [3.05, 3.63) is 45.9 Å². The largest absolute Gasteiger partial charge is 2.00 e. The molecule has 8 rings (SSSR count). The molecule has 8 bridgehead atoms. The van der Waals surface area contributed by atoms with Crippen LogP contribution in [0.3, 0.4) is 0 Å². The zero-order chi connectivity index (χ0) is 28.8. The molecule has 0 amide bonds. The summed E-state index contributed by atoms with van der Waals surface area (Å²) in [5, 5.41) is 1.99. The van der Waals surface area contributed by atoms with Crippen molar-refractivity contribution in [1.29, 1.82) is 0 Å². The minimum absolute atomic E-state index is 0. The Morgan fingerprint density at radius 1 is 0.581 bits per heavy atom. The van der Waals surface area contributed by atoms with Crippen LogP contribution in [0, 0.1) is 6.92 Å². The van der Waals surface area contributed by atoms with Crippen molar-refractivity contribution < 1.29 is 17.1 Å². The van der Waals surface area contributed by atoms with Gasteiger partial charge < -0.3 is 29.9 Å². The number of hydrogen-bond acceptors (Lipinski definition) is 6. The number of hydrogen-bond donors (Lipinski definition) is 0. The van der Waals surface area contributed by atoms with Gasteiger partial charge in [-0.15, -0.1) is 8.93 Å². The molecule has 17 heteroatoms. The number of rotatable bonds is 2. The summed E-state index contributed by atoms with van der Waals surface area (Å²) in [6.07, 6.45) is 0.853. The van der Waals surface area contributed by atoms with E-state index in [0.717, 1.165) is 50.3 Å². The number of nitrogens with zero attached hydrogens (tertiary/aromatic N) is 8. The first kappa shape index (κ1) is 31.7. The zero-order valence-electron chi connectivity index (χ0n) is 22.8. The van der Waals surface area contributed by atoms with E-state index in [2.05, 4.69) is 50.6 Å². The Kier molecular flexibility index (Phi) is 10.0. The second-order valence-electron chi connectivity index (χ2n) is 8.92. The van der Waals surface area contributed by atoms with E-state index >= 15 is 0 Å². The Hall–Kier alpha value is -1.28. The van der Waals surface area contributed by atoms with Crippen molar-refractivity contribution in [2.75, 3.05) is 0 Å². The fourth-order valence-electron chi connectivity index (χ4n) is 4.68. The van der Waals surface area contributed by atoms with E-state index in [0.29, 0.717) is 54.2 Å². The van der Waals surface area contributed by atoms with Gasteiger partial charge in [0.05, 0.1) is 23.3 Å². The van der Waals surface area contributed by atoms with Crippen molar-refractivity contribution >= 4 is 97.8 Å². The third-order valence-corrected chi connectivity index (χ3v) is 13.8. The maximum Gasteiger partial charge on any atom is 2.00 e. The zero-order valence-corrected chi connectivity index (χ0v) is 31.3. The smallest absolute Gasteiger partial charge is 0.358 e. The molecule has 0 fully saturated rings. The number of fused-ring (bicyclic) bond motifs is 17. The molecule has 2 aliphatic rings. The van der Waals surface area contributed by atoms with Crippen LogP contribution in [0.25, 0.3) is 78.9 Å². The van der Waals surface area contributed by atoms with Crippen LogP contribution < -0.4 is 9.97 Å². The van der Waals surface area contributed by atoms with Crippen molar-refractivity contribution in [2.45, 2.75) is 26.9 Å². The van der Waals surface area contributed by atoms with Crippen molar-refractivity contribution in [3.8, 4) is 45.6 Å². The first-order valence-corrected chi connectivity index (χ1v) is 23.9. The average Bonchev–Trinajstić information content (AvgIpc) is 3.74. The summed E-state index contributed by atoms with van der Waals surface area (Å²) in [7, 11) is 10.6. The molecule has 2 aliphatic heterocycles. The van der Waals surface area contributed by atoms with E-state index in [1.54, 1.807) is 0 Å². The van der Waals surface area contributed by atoms with Gasteiger partial charge in [0, 0.05) is 55.6 Å². The quantitative estimate of drug-likeness (QED) is 0.127. The summed E-state index contributed by atoms with van der Waals surface area (Å²) in [6.45, 7) is 6.07. The summed E-state index contributed by atoms with van der Waals surface area (Å²) in [4.78, 5) is 39.8. The first-order valence-electron chi connectivity index (χ1n) is 13.0. The first-order chi connectivity index (χ1) is 20.7. The molecule has 0 spiro atoms. The normalized spacial score (nSPS) is 12.7. The molecule has 2 unspecified atom stereocenters. The van der Waals surface area contributed by atoms with Crippen molar-refractivity contribution in [1.82, 2.24) is 39.9 Å². The van der Waals surface area contributed by atoms with Crippen LogP contribution in [-0.2, 0) is 23.2 Å². The Morgan fingerprint density at radius 2 is 0.953 bits per heavy atom. The third-order valence-electron chi connectivity index (χ3n) is 6.67. The predicted molar refractivity (Wildman–Crippen MR) is 189 cm³/mol. The van der Waals surface area contributed by atoms with E-state index in [9.17, 15) is 0 Å². The monoisotopic (exact) mass is 755 g/mol. The second kappa shape index (κ2) is 13.6. The standard InChI is InChI=1S/C24H14N8P8.C2H6.Cu/c1-9-10(2-34-33)18-25-17(9)26-19-11-3-35-36-4-12(11)21(28-19)30-23-15-7-39-40-8-16(15)24(32-23)31-22-14-6-38-37-5-13(14)20(27-18)29-22;1-2;/h3-8,34H,2,33H2,1H3;1-2H3;/q-2;;+2. The molecule has 8 heterocycles. The minimum atomic E-state index is 0. The molecule has 215 valence electrons. The van der Waals surface area contributed by atoms with E-state index < -0.39 is 0 Å². The number of aromatic nitrogens is 8. The van der Waals surface area contributed by atoms with Gasteiger partial charge >= 0.3 is 17.1 Å². The maximum absolute atomic E-state index is 5.04. The van der Waals surface area contributed by atoms with Gasteiger partial charge in [-0.25, -0.2) is 9.97 Å². The summed E-state index contributed by atoms with van der Waals surface area (Å²) in [6, 6.07) is 0. The van der Waals surface area contributed by atoms with Crippen LogP contribution in [0.4, 0.5) is 0 Å². The Balaban J connectivity index is 0.00000108. The molecule has 6 aromatic heterocycles. The van der Waals surface area contributed by atoms with Crippen LogP contribution >= 0.6 is 64.4 Å². The van der Waals surface area contributed by atoms with Gasteiger partial charge in [-0.1, -0.05) is 22.1 Å². The van der Waals surface area contributed by atoms with Crippen LogP contribution in [0.5, 0.6) is 0 Å². The molecule has 43 heavy (non-hydrogen) atoms. The van der Waals surface area contributed by atoms with Gasteiger partial charge in [-0.05, 0) is 106 Å². The topological polar surface area (TPSA) is 106 Å². The van der Waals surface area contributed by atoms with Gasteiger partial charge in [0.1, 0.15) is 0 Å². The van der Waals surface area contributed by atoms with Gasteiger partial charge in [0.25, 0.3) is 0 Å². The molecule has 0 aromatic carbocycles. The molecule has 6 aromatic rings. The molecule has 8 nitrogen and oxygen atoms in total. The molecule has 0 N–H and O–H groups in total. The predicted octanol–water partition coefficient (Wildman–Crippen LogP) is 10.8. The van der Waals surface area contributed by atoms with Crippen LogP contribution in [-0.4, -0.2) is 29.9 Å². The fraction of sp³-hybridized carbons (Fsp3) is 0.154. The molecular weight excluding hydrogens is 736 g/mol. The molecule has 2 atom stereocenters. The van der Waals surface area contributed by atoms with Gasteiger partial charge in [0.15, 0.2) is 0 Å². The van der Waals surface area contributed by atoms with E-state index in [-0.39, 0.29) is 17.1 Å². The minimum Gasteiger partial charge on any atom is -0.358 e. The van der Waals surface area contributed by atoms with E-state index in [1.807, 2.05) is 13.8 Å². The van der Waals surface area contributed by atoms with E-state index in [1.165, 1.54) is 47.2 Å². The van der Waals surface area contributed by atoms with Crippen LogP contribution in [0.15, 0.2) is 34.8 Å². The molecular formula is C26H20CuN8P8. The molecule has 0 saturated carbocycles. The maximum atomic E-state index is 5.04. The summed E-state index contributed by atoms with van der Waals surface area (Å²) < 4.78 is 0. The molecule has 1 radical (unpaired) electrons. The van der Waals surface area contributed by atoms with E-state index in [4.69, 9.17) is 39.9 Å². The second-order valence-corrected chi connectivity index (χ2v) is 18.0. The summed E-state index contributed by atoms with van der Waals surface area (Å²) >= 11 is 0. The van der Waals surface area contributed by atoms with Crippen LogP contribution in [0.1, 0.15) is 25.0 Å². The Bertz CT molecular complexity index is 2190. The average molecular weight is 756 g/mol. The summed E-state index contributed by atoms with van der Waals surface area (Å²) in [5.41, 5.74) is 8.69. The van der Waals surface area contributed by atoms with Gasteiger partial charge in [-0.3, -0.25) is 0 Å². The van der Waals surface area contributed by atoms with Crippen LogP contribution in [0.2, 0.25) is 0 Å². The SMILES string of the molecule is CC.Cc1c(CPP)c2nc3nc(nc4[n-]c(nc5nc(nc1[n-]2)-c1cppcc1-5)c1cppcc41)-c1cppcc1-3.[Cu+2]. The number of aryl methyl sites for hydroxylation is 1. The summed E-state index contributed by atoms with van der Waals surface area (Å²) in [5.74, 6) is 15.6. The Morgan fingerprint density at radius 3 is 1.40 bits per heavy atom. The third kappa shape index (κ3) is 5.79. The fourth-order valence-corrected chi connectivity index (χ4v) is 11.8. The Labute approximate surface area is 271 Å². The van der Waals surface area contributed by atoms with Crippen molar-refractivity contribution in [2.24, 2.45) is 0 Å². The molecule has 0 aliphatic carbocycles.